The third-order valence-electron chi connectivity index (χ3n) is 5.04. The van der Waals surface area contributed by atoms with E-state index in [4.69, 9.17) is 0 Å². The highest BCUT2D eigenvalue weighted by Crippen LogP contribution is 2.34. The van der Waals surface area contributed by atoms with E-state index < -0.39 is 14.8 Å². The van der Waals surface area contributed by atoms with Crippen LogP contribution in [0.4, 0.5) is 4.39 Å². The monoisotopic (exact) mass is 379 g/mol. The summed E-state index contributed by atoms with van der Waals surface area (Å²) in [6.45, 7) is 5.11. The number of aromatic amines is 1. The first-order valence-corrected chi connectivity index (χ1v) is 10.5. The lowest BCUT2D eigenvalue weighted by atomic mass is 9.84. The minimum atomic E-state index is -3.33. The first-order chi connectivity index (χ1) is 12.2. The molecule has 0 saturated heterocycles. The summed E-state index contributed by atoms with van der Waals surface area (Å²) in [7, 11) is -3.33. The lowest BCUT2D eigenvalue weighted by Crippen LogP contribution is -2.45. The fourth-order valence-electron chi connectivity index (χ4n) is 3.27. The van der Waals surface area contributed by atoms with Crippen molar-refractivity contribution >= 4 is 10.0 Å². The molecule has 0 radical (unpaired) electrons. The maximum absolute atomic E-state index is 13.9. The molecule has 1 aliphatic carbocycles. The Morgan fingerprint density at radius 2 is 1.81 bits per heavy atom. The summed E-state index contributed by atoms with van der Waals surface area (Å²) < 4.78 is 40.6. The Balaban J connectivity index is 1.64. The van der Waals surface area contributed by atoms with E-state index in [1.54, 1.807) is 39.0 Å². The Labute approximate surface area is 154 Å². The van der Waals surface area contributed by atoms with Crippen LogP contribution in [0.25, 0.3) is 11.3 Å². The number of hydrogen-bond donors (Lipinski definition) is 2. The lowest BCUT2D eigenvalue weighted by Gasteiger charge is -2.30. The average molecular weight is 380 g/mol. The molecule has 0 atom stereocenters. The van der Waals surface area contributed by atoms with Crippen molar-refractivity contribution in [1.82, 2.24) is 14.9 Å². The molecule has 1 heterocycles. The first-order valence-electron chi connectivity index (χ1n) is 8.99. The van der Waals surface area contributed by atoms with E-state index in [0.29, 0.717) is 17.2 Å². The summed E-state index contributed by atoms with van der Waals surface area (Å²) in [5.74, 6) is 0.00394. The predicted octanol–water partition coefficient (Wildman–Crippen LogP) is 3.96. The van der Waals surface area contributed by atoms with Gasteiger partial charge in [-0.15, -0.1) is 0 Å². The Bertz CT molecular complexity index is 863. The quantitative estimate of drug-likeness (QED) is 0.844. The van der Waals surface area contributed by atoms with E-state index in [0.717, 1.165) is 31.4 Å². The van der Waals surface area contributed by atoms with Crippen LogP contribution in [0.3, 0.4) is 0 Å². The molecule has 1 saturated carbocycles. The summed E-state index contributed by atoms with van der Waals surface area (Å²) in [6, 6.07) is 8.47. The Morgan fingerprint density at radius 3 is 2.42 bits per heavy atom. The molecule has 1 aromatic heterocycles. The smallest absolute Gasteiger partial charge is 0.216 e. The van der Waals surface area contributed by atoms with Crippen LogP contribution in [0.15, 0.2) is 30.3 Å². The highest BCUT2D eigenvalue weighted by atomic mass is 32.2. The van der Waals surface area contributed by atoms with Crippen LogP contribution >= 0.6 is 0 Å². The molecule has 3 rings (SSSR count). The van der Waals surface area contributed by atoms with Gasteiger partial charge >= 0.3 is 0 Å². The summed E-state index contributed by atoms with van der Waals surface area (Å²) >= 11 is 0. The molecule has 1 aromatic carbocycles. The number of nitrogens with zero attached hydrogens (tertiary/aromatic N) is 1. The van der Waals surface area contributed by atoms with Crippen molar-refractivity contribution in [2.24, 2.45) is 0 Å². The number of hydrogen-bond acceptors (Lipinski definition) is 3. The zero-order valence-corrected chi connectivity index (χ0v) is 16.2. The topological polar surface area (TPSA) is 74.8 Å². The molecule has 7 heteroatoms. The van der Waals surface area contributed by atoms with Gasteiger partial charge in [0.25, 0.3) is 0 Å². The normalized spacial score (nSPS) is 21.7. The molecule has 5 nitrogen and oxygen atoms in total. The van der Waals surface area contributed by atoms with E-state index in [1.165, 1.54) is 6.07 Å². The fourth-order valence-corrected chi connectivity index (χ4v) is 4.30. The standard InChI is InChI=1S/C19H26FN3O2S/c1-19(2,3)26(24,25)23-14-10-8-13(9-11-14)17-12-18(22-21-17)15-6-4-5-7-16(15)20/h4-7,12-14,23H,8-11H2,1-3H3,(H,21,22). The Hall–Kier alpha value is -1.73. The van der Waals surface area contributed by atoms with Crippen LogP contribution in [0.5, 0.6) is 0 Å². The van der Waals surface area contributed by atoms with Crippen LogP contribution < -0.4 is 4.72 Å². The van der Waals surface area contributed by atoms with Gasteiger partial charge in [-0.2, -0.15) is 5.10 Å². The number of sulfonamides is 1. The third kappa shape index (κ3) is 3.99. The van der Waals surface area contributed by atoms with Crippen LogP contribution in [0.1, 0.15) is 58.1 Å². The van der Waals surface area contributed by atoms with E-state index in [1.807, 2.05) is 6.07 Å². The van der Waals surface area contributed by atoms with Crippen LogP contribution in [-0.2, 0) is 10.0 Å². The van der Waals surface area contributed by atoms with Crippen molar-refractivity contribution in [2.75, 3.05) is 0 Å². The number of halogens is 1. The zero-order valence-electron chi connectivity index (χ0n) is 15.4. The Morgan fingerprint density at radius 1 is 1.15 bits per heavy atom. The van der Waals surface area contributed by atoms with E-state index in [2.05, 4.69) is 14.9 Å². The number of benzene rings is 1. The van der Waals surface area contributed by atoms with Crippen molar-refractivity contribution in [3.05, 3.63) is 41.8 Å². The molecule has 1 fully saturated rings. The average Bonchev–Trinajstić information content (AvgIpc) is 3.04. The third-order valence-corrected chi connectivity index (χ3v) is 7.30. The zero-order chi connectivity index (χ0) is 18.9. The van der Waals surface area contributed by atoms with E-state index in [-0.39, 0.29) is 11.9 Å². The fraction of sp³-hybridized carbons (Fsp3) is 0.526. The SMILES string of the molecule is CC(C)(C)S(=O)(=O)NC1CCC(c2cc(-c3ccccc3F)n[nH]2)CC1. The predicted molar refractivity (Wildman–Crippen MR) is 101 cm³/mol. The minimum absolute atomic E-state index is 0.0237. The van der Waals surface area contributed by atoms with Gasteiger partial charge in [-0.25, -0.2) is 17.5 Å². The highest BCUT2D eigenvalue weighted by Gasteiger charge is 2.33. The number of nitrogens with one attached hydrogen (secondary N) is 2. The second kappa shape index (κ2) is 7.12. The summed E-state index contributed by atoms with van der Waals surface area (Å²) in [5, 5.41) is 7.29. The van der Waals surface area contributed by atoms with Crippen LogP contribution in [0.2, 0.25) is 0 Å². The van der Waals surface area contributed by atoms with Crippen molar-refractivity contribution in [1.29, 1.82) is 0 Å². The molecular formula is C19H26FN3O2S. The molecule has 26 heavy (non-hydrogen) atoms. The van der Waals surface area contributed by atoms with Gasteiger partial charge in [0, 0.05) is 23.2 Å². The summed E-state index contributed by atoms with van der Waals surface area (Å²) in [4.78, 5) is 0. The summed E-state index contributed by atoms with van der Waals surface area (Å²) in [6.07, 6.45) is 3.31. The second-order valence-electron chi connectivity index (χ2n) is 7.97. The highest BCUT2D eigenvalue weighted by molar-refractivity contribution is 7.90. The van der Waals surface area contributed by atoms with Gasteiger partial charge in [0.2, 0.25) is 10.0 Å². The van der Waals surface area contributed by atoms with Crippen molar-refractivity contribution in [3.8, 4) is 11.3 Å². The molecule has 0 aliphatic heterocycles. The molecule has 0 bridgehead atoms. The molecule has 0 amide bonds. The molecule has 142 valence electrons. The molecule has 0 unspecified atom stereocenters. The van der Waals surface area contributed by atoms with E-state index >= 15 is 0 Å². The molecular weight excluding hydrogens is 353 g/mol. The van der Waals surface area contributed by atoms with E-state index in [9.17, 15) is 12.8 Å². The lowest BCUT2D eigenvalue weighted by molar-refractivity contribution is 0.367. The molecule has 1 aliphatic rings. The molecule has 2 N–H and O–H groups in total. The van der Waals surface area contributed by atoms with Crippen molar-refractivity contribution in [3.63, 3.8) is 0 Å². The maximum atomic E-state index is 13.9. The van der Waals surface area contributed by atoms with Crippen LogP contribution in [0, 0.1) is 5.82 Å². The minimum Gasteiger partial charge on any atom is -0.282 e. The number of rotatable bonds is 4. The van der Waals surface area contributed by atoms with Crippen molar-refractivity contribution < 1.29 is 12.8 Å². The summed E-state index contributed by atoms with van der Waals surface area (Å²) in [5.41, 5.74) is 2.08. The van der Waals surface area contributed by atoms with Gasteiger partial charge in [0.05, 0.1) is 10.4 Å². The second-order valence-corrected chi connectivity index (χ2v) is 10.4. The molecule has 2 aromatic rings. The number of H-pyrrole nitrogens is 1. The molecule has 0 spiro atoms. The first kappa shape index (κ1) is 19.0. The van der Waals surface area contributed by atoms with Gasteiger partial charge < -0.3 is 0 Å². The van der Waals surface area contributed by atoms with Gasteiger partial charge in [0.15, 0.2) is 0 Å². The van der Waals surface area contributed by atoms with Gasteiger partial charge in [-0.3, -0.25) is 5.10 Å². The number of aromatic nitrogens is 2. The largest absolute Gasteiger partial charge is 0.282 e. The van der Waals surface area contributed by atoms with Gasteiger partial charge in [0.1, 0.15) is 5.82 Å². The van der Waals surface area contributed by atoms with Gasteiger partial charge in [-0.1, -0.05) is 12.1 Å². The Kier molecular flexibility index (Phi) is 5.21. The van der Waals surface area contributed by atoms with Crippen LogP contribution in [-0.4, -0.2) is 29.4 Å². The maximum Gasteiger partial charge on any atom is 0.216 e. The van der Waals surface area contributed by atoms with Gasteiger partial charge in [-0.05, 0) is 64.7 Å². The van der Waals surface area contributed by atoms with Crippen molar-refractivity contribution in [2.45, 2.75) is 63.2 Å².